The number of phenolic OH excluding ortho intramolecular Hbond substituents is 1. The van der Waals surface area contributed by atoms with Crippen LogP contribution in [0.2, 0.25) is 0 Å². The number of rotatable bonds is 6. The van der Waals surface area contributed by atoms with Crippen molar-refractivity contribution in [2.45, 2.75) is 6.42 Å². The molecule has 0 aromatic heterocycles. The number of hydrogen-bond donors (Lipinski definition) is 1. The van der Waals surface area contributed by atoms with Gasteiger partial charge >= 0.3 is 0 Å². The standard InChI is InChI=1S/C18H20O4/c1-20-14-9-7-13(8-10-14)5-4-6-16-17(19)11-15(21-2)12-18(16)22-3/h4-5,7-12,19H,6H2,1-3H3/b5-4+. The highest BCUT2D eigenvalue weighted by atomic mass is 16.5. The van der Waals surface area contributed by atoms with Crippen LogP contribution in [0.1, 0.15) is 11.1 Å². The molecule has 0 spiro atoms. The molecule has 0 bridgehead atoms. The van der Waals surface area contributed by atoms with Gasteiger partial charge in [-0.3, -0.25) is 0 Å². The molecular formula is C18H20O4. The van der Waals surface area contributed by atoms with Gasteiger partial charge in [0.25, 0.3) is 0 Å². The SMILES string of the molecule is COc1ccc(/C=C/Cc2c(O)cc(OC)cc2OC)cc1. The fraction of sp³-hybridized carbons (Fsp3) is 0.222. The van der Waals surface area contributed by atoms with Gasteiger partial charge in [0.2, 0.25) is 0 Å². The Morgan fingerprint density at radius 3 is 2.18 bits per heavy atom. The predicted molar refractivity (Wildman–Crippen MR) is 86.9 cm³/mol. The fourth-order valence-corrected chi connectivity index (χ4v) is 2.14. The number of aromatic hydroxyl groups is 1. The molecule has 0 radical (unpaired) electrons. The third kappa shape index (κ3) is 3.73. The molecule has 4 nitrogen and oxygen atoms in total. The summed E-state index contributed by atoms with van der Waals surface area (Å²) in [5.41, 5.74) is 1.79. The van der Waals surface area contributed by atoms with Gasteiger partial charge in [-0.05, 0) is 24.1 Å². The van der Waals surface area contributed by atoms with Crippen LogP contribution in [0.4, 0.5) is 0 Å². The van der Waals surface area contributed by atoms with Gasteiger partial charge < -0.3 is 19.3 Å². The first-order valence-corrected chi connectivity index (χ1v) is 6.92. The lowest BCUT2D eigenvalue weighted by Gasteiger charge is -2.11. The van der Waals surface area contributed by atoms with Crippen molar-refractivity contribution in [2.24, 2.45) is 0 Å². The Morgan fingerprint density at radius 2 is 1.59 bits per heavy atom. The summed E-state index contributed by atoms with van der Waals surface area (Å²) in [5.74, 6) is 2.16. The molecule has 4 heteroatoms. The Labute approximate surface area is 130 Å². The summed E-state index contributed by atoms with van der Waals surface area (Å²) in [6.45, 7) is 0. The molecule has 2 aromatic carbocycles. The van der Waals surface area contributed by atoms with Crippen molar-refractivity contribution in [1.29, 1.82) is 0 Å². The molecule has 0 saturated carbocycles. The molecule has 22 heavy (non-hydrogen) atoms. The van der Waals surface area contributed by atoms with Crippen LogP contribution in [0.3, 0.4) is 0 Å². The highest BCUT2D eigenvalue weighted by molar-refractivity contribution is 5.54. The highest BCUT2D eigenvalue weighted by Crippen LogP contribution is 2.33. The van der Waals surface area contributed by atoms with Gasteiger partial charge in [0.15, 0.2) is 0 Å². The molecule has 2 rings (SSSR count). The smallest absolute Gasteiger partial charge is 0.129 e. The molecule has 0 heterocycles. The molecule has 0 amide bonds. The lowest BCUT2D eigenvalue weighted by Crippen LogP contribution is -1.93. The zero-order valence-electron chi connectivity index (χ0n) is 13.0. The summed E-state index contributed by atoms with van der Waals surface area (Å²) >= 11 is 0. The van der Waals surface area contributed by atoms with Crippen molar-refractivity contribution in [2.75, 3.05) is 21.3 Å². The third-order valence-electron chi connectivity index (χ3n) is 3.36. The van der Waals surface area contributed by atoms with Crippen molar-refractivity contribution in [3.63, 3.8) is 0 Å². The van der Waals surface area contributed by atoms with E-state index in [1.165, 1.54) is 0 Å². The maximum atomic E-state index is 10.1. The number of phenols is 1. The summed E-state index contributed by atoms with van der Waals surface area (Å²) in [6.07, 6.45) is 4.53. The van der Waals surface area contributed by atoms with E-state index in [4.69, 9.17) is 14.2 Å². The Kier molecular flexibility index (Phi) is 5.31. The second-order valence-electron chi connectivity index (χ2n) is 4.71. The zero-order valence-corrected chi connectivity index (χ0v) is 13.0. The van der Waals surface area contributed by atoms with Gasteiger partial charge in [0.05, 0.1) is 21.3 Å². The molecule has 0 aliphatic rings. The van der Waals surface area contributed by atoms with Crippen molar-refractivity contribution in [3.8, 4) is 23.0 Å². The van der Waals surface area contributed by atoms with Crippen LogP contribution < -0.4 is 14.2 Å². The van der Waals surface area contributed by atoms with Crippen LogP contribution in [0.25, 0.3) is 6.08 Å². The number of allylic oxidation sites excluding steroid dienone is 1. The van der Waals surface area contributed by atoms with Gasteiger partial charge in [0.1, 0.15) is 23.0 Å². The van der Waals surface area contributed by atoms with Crippen LogP contribution in [0.15, 0.2) is 42.5 Å². The van der Waals surface area contributed by atoms with Gasteiger partial charge in [-0.2, -0.15) is 0 Å². The van der Waals surface area contributed by atoms with E-state index >= 15 is 0 Å². The van der Waals surface area contributed by atoms with E-state index in [0.29, 0.717) is 17.9 Å². The second kappa shape index (κ2) is 7.41. The average Bonchev–Trinajstić information content (AvgIpc) is 2.56. The van der Waals surface area contributed by atoms with Crippen molar-refractivity contribution >= 4 is 6.08 Å². The third-order valence-corrected chi connectivity index (χ3v) is 3.36. The first-order valence-electron chi connectivity index (χ1n) is 6.92. The summed E-state index contributed by atoms with van der Waals surface area (Å²) in [4.78, 5) is 0. The molecular weight excluding hydrogens is 280 g/mol. The Hall–Kier alpha value is -2.62. The lowest BCUT2D eigenvalue weighted by atomic mass is 10.1. The van der Waals surface area contributed by atoms with E-state index in [1.807, 2.05) is 36.4 Å². The summed E-state index contributed by atoms with van der Waals surface area (Å²) < 4.78 is 15.6. The van der Waals surface area contributed by atoms with E-state index in [1.54, 1.807) is 33.5 Å². The average molecular weight is 300 g/mol. The van der Waals surface area contributed by atoms with Gasteiger partial charge in [-0.25, -0.2) is 0 Å². The minimum absolute atomic E-state index is 0.163. The van der Waals surface area contributed by atoms with Gasteiger partial charge in [-0.15, -0.1) is 0 Å². The Bertz CT molecular complexity index is 645. The van der Waals surface area contributed by atoms with Crippen LogP contribution in [-0.2, 0) is 6.42 Å². The molecule has 0 fully saturated rings. The maximum Gasteiger partial charge on any atom is 0.129 e. The highest BCUT2D eigenvalue weighted by Gasteiger charge is 2.10. The van der Waals surface area contributed by atoms with E-state index in [0.717, 1.165) is 16.9 Å². The lowest BCUT2D eigenvalue weighted by molar-refractivity contribution is 0.380. The van der Waals surface area contributed by atoms with Crippen molar-refractivity contribution < 1.29 is 19.3 Å². The largest absolute Gasteiger partial charge is 0.507 e. The zero-order chi connectivity index (χ0) is 15.9. The van der Waals surface area contributed by atoms with Gasteiger partial charge in [-0.1, -0.05) is 24.3 Å². The van der Waals surface area contributed by atoms with Crippen molar-refractivity contribution in [3.05, 3.63) is 53.6 Å². The number of methoxy groups -OCH3 is 3. The molecule has 1 N–H and O–H groups in total. The van der Waals surface area contributed by atoms with Crippen LogP contribution in [0, 0.1) is 0 Å². The molecule has 0 saturated heterocycles. The topological polar surface area (TPSA) is 47.9 Å². The van der Waals surface area contributed by atoms with Crippen LogP contribution >= 0.6 is 0 Å². The minimum atomic E-state index is 0.163. The van der Waals surface area contributed by atoms with Crippen LogP contribution in [-0.4, -0.2) is 26.4 Å². The Balaban J connectivity index is 2.14. The molecule has 0 unspecified atom stereocenters. The van der Waals surface area contributed by atoms with Gasteiger partial charge in [0, 0.05) is 17.7 Å². The number of benzene rings is 2. The molecule has 0 atom stereocenters. The summed E-state index contributed by atoms with van der Waals surface area (Å²) in [7, 11) is 4.77. The number of ether oxygens (including phenoxy) is 3. The maximum absolute atomic E-state index is 10.1. The first-order chi connectivity index (χ1) is 10.7. The normalized spacial score (nSPS) is 10.7. The van der Waals surface area contributed by atoms with E-state index < -0.39 is 0 Å². The molecule has 116 valence electrons. The quantitative estimate of drug-likeness (QED) is 0.884. The monoisotopic (exact) mass is 300 g/mol. The fourth-order valence-electron chi connectivity index (χ4n) is 2.14. The van der Waals surface area contributed by atoms with E-state index in [2.05, 4.69) is 0 Å². The van der Waals surface area contributed by atoms with Crippen LogP contribution in [0.5, 0.6) is 23.0 Å². The minimum Gasteiger partial charge on any atom is -0.507 e. The summed E-state index contributed by atoms with van der Waals surface area (Å²) in [6, 6.07) is 11.1. The van der Waals surface area contributed by atoms with E-state index in [-0.39, 0.29) is 5.75 Å². The second-order valence-corrected chi connectivity index (χ2v) is 4.71. The van der Waals surface area contributed by atoms with Crippen molar-refractivity contribution in [1.82, 2.24) is 0 Å². The molecule has 0 aliphatic carbocycles. The Morgan fingerprint density at radius 1 is 0.909 bits per heavy atom. The first kappa shape index (κ1) is 15.8. The predicted octanol–water partition coefficient (Wildman–Crippen LogP) is 3.67. The summed E-state index contributed by atoms with van der Waals surface area (Å²) in [5, 5.41) is 10.1. The van der Waals surface area contributed by atoms with E-state index in [9.17, 15) is 5.11 Å². The molecule has 2 aromatic rings. The molecule has 0 aliphatic heterocycles. The number of hydrogen-bond acceptors (Lipinski definition) is 4.